The molecule has 0 fully saturated rings. The largest absolute Gasteiger partial charge is 0.459 e. The molecule has 0 aliphatic rings. The maximum atomic E-state index is 13.3. The highest BCUT2D eigenvalue weighted by Crippen LogP contribution is 2.27. The SMILES string of the molecule is CC(C)OC(=O)c1cc(N=C=O)c(F)cc1Br. The molecule has 1 rings (SSSR count). The number of carbonyl (C=O) groups is 1. The van der Waals surface area contributed by atoms with Crippen molar-refractivity contribution in [1.29, 1.82) is 0 Å². The van der Waals surface area contributed by atoms with Crippen LogP contribution in [0.5, 0.6) is 0 Å². The Morgan fingerprint density at radius 2 is 2.18 bits per heavy atom. The van der Waals surface area contributed by atoms with Crippen LogP contribution in [0.4, 0.5) is 10.1 Å². The van der Waals surface area contributed by atoms with Gasteiger partial charge >= 0.3 is 5.97 Å². The molecule has 0 bridgehead atoms. The van der Waals surface area contributed by atoms with Crippen LogP contribution in [0, 0.1) is 5.82 Å². The Kier molecular flexibility index (Phi) is 4.54. The van der Waals surface area contributed by atoms with Gasteiger partial charge in [-0.3, -0.25) is 0 Å². The van der Waals surface area contributed by atoms with Gasteiger partial charge in [-0.25, -0.2) is 14.0 Å². The summed E-state index contributed by atoms with van der Waals surface area (Å²) in [6.45, 7) is 3.39. The van der Waals surface area contributed by atoms with Crippen LogP contribution in [0.3, 0.4) is 0 Å². The minimum atomic E-state index is -0.721. The molecule has 0 unspecified atom stereocenters. The first kappa shape index (κ1) is 13.5. The molecule has 0 aliphatic carbocycles. The number of hydrogen-bond donors (Lipinski definition) is 0. The number of carbonyl (C=O) groups excluding carboxylic acids is 2. The fourth-order valence-corrected chi connectivity index (χ4v) is 1.58. The van der Waals surface area contributed by atoms with Gasteiger partial charge in [-0.1, -0.05) is 0 Å². The molecule has 6 heteroatoms. The van der Waals surface area contributed by atoms with E-state index in [2.05, 4.69) is 20.9 Å². The molecule has 1 aromatic rings. The maximum absolute atomic E-state index is 13.3. The topological polar surface area (TPSA) is 55.7 Å². The first-order chi connectivity index (χ1) is 7.95. The summed E-state index contributed by atoms with van der Waals surface area (Å²) in [4.78, 5) is 24.9. The van der Waals surface area contributed by atoms with Gasteiger partial charge in [0.2, 0.25) is 6.08 Å². The summed E-state index contributed by atoms with van der Waals surface area (Å²) in [7, 11) is 0. The van der Waals surface area contributed by atoms with Gasteiger partial charge in [-0.05, 0) is 41.9 Å². The summed E-state index contributed by atoms with van der Waals surface area (Å²) in [6.07, 6.45) is 0.925. The Labute approximate surface area is 106 Å². The van der Waals surface area contributed by atoms with Crippen LogP contribution in [0.2, 0.25) is 0 Å². The summed E-state index contributed by atoms with van der Waals surface area (Å²) in [5.41, 5.74) is -0.145. The fourth-order valence-electron chi connectivity index (χ4n) is 1.11. The zero-order valence-corrected chi connectivity index (χ0v) is 10.7. The Morgan fingerprint density at radius 3 is 2.71 bits per heavy atom. The summed E-state index contributed by atoms with van der Waals surface area (Å²) < 4.78 is 18.5. The molecular formula is C11H9BrFNO3. The smallest absolute Gasteiger partial charge is 0.339 e. The Morgan fingerprint density at radius 1 is 1.53 bits per heavy atom. The zero-order chi connectivity index (χ0) is 13.0. The molecule has 0 atom stereocenters. The van der Waals surface area contributed by atoms with E-state index in [9.17, 15) is 14.0 Å². The number of halogens is 2. The van der Waals surface area contributed by atoms with Crippen LogP contribution in [0.25, 0.3) is 0 Å². The lowest BCUT2D eigenvalue weighted by Gasteiger charge is -2.09. The highest BCUT2D eigenvalue weighted by Gasteiger charge is 2.16. The first-order valence-electron chi connectivity index (χ1n) is 4.73. The predicted octanol–water partition coefficient (Wildman–Crippen LogP) is 3.12. The lowest BCUT2D eigenvalue weighted by atomic mass is 10.2. The van der Waals surface area contributed by atoms with Crippen LogP contribution < -0.4 is 0 Å². The van der Waals surface area contributed by atoms with Gasteiger partial charge in [0.05, 0.1) is 11.7 Å². The van der Waals surface area contributed by atoms with Crippen molar-refractivity contribution in [2.75, 3.05) is 0 Å². The molecule has 0 radical (unpaired) electrons. The number of esters is 1. The van der Waals surface area contributed by atoms with E-state index in [1.54, 1.807) is 13.8 Å². The third-order valence-corrected chi connectivity index (χ3v) is 2.42. The van der Waals surface area contributed by atoms with Crippen LogP contribution >= 0.6 is 15.9 Å². The van der Waals surface area contributed by atoms with Crippen molar-refractivity contribution in [3.63, 3.8) is 0 Å². The van der Waals surface area contributed by atoms with E-state index in [1.165, 1.54) is 6.08 Å². The quantitative estimate of drug-likeness (QED) is 0.490. The first-order valence-corrected chi connectivity index (χ1v) is 5.53. The molecular weight excluding hydrogens is 293 g/mol. The van der Waals surface area contributed by atoms with Gasteiger partial charge in [-0.15, -0.1) is 0 Å². The van der Waals surface area contributed by atoms with Gasteiger partial charge in [0.15, 0.2) is 5.82 Å². The number of ether oxygens (including phenoxy) is 1. The second-order valence-corrected chi connectivity index (χ2v) is 4.29. The molecule has 0 aliphatic heterocycles. The van der Waals surface area contributed by atoms with Gasteiger partial charge in [0.1, 0.15) is 5.69 Å². The van der Waals surface area contributed by atoms with Crippen molar-refractivity contribution in [1.82, 2.24) is 0 Å². The zero-order valence-electron chi connectivity index (χ0n) is 9.16. The molecule has 0 spiro atoms. The van der Waals surface area contributed by atoms with Crippen LogP contribution in [-0.4, -0.2) is 18.2 Å². The monoisotopic (exact) mass is 301 g/mol. The molecule has 0 saturated heterocycles. The van der Waals surface area contributed by atoms with Crippen molar-refractivity contribution in [2.45, 2.75) is 20.0 Å². The second-order valence-electron chi connectivity index (χ2n) is 3.44. The Bertz CT molecular complexity index is 496. The summed E-state index contributed by atoms with van der Waals surface area (Å²) in [6, 6.07) is 2.18. The standard InChI is InChI=1S/C11H9BrFNO3/c1-6(2)17-11(16)7-3-10(14-5-15)9(13)4-8(7)12/h3-4,6H,1-2H3. The second kappa shape index (κ2) is 5.70. The molecule has 0 saturated carbocycles. The van der Waals surface area contributed by atoms with Crippen LogP contribution in [0.1, 0.15) is 24.2 Å². The van der Waals surface area contributed by atoms with E-state index in [0.29, 0.717) is 0 Å². The van der Waals surface area contributed by atoms with E-state index < -0.39 is 11.8 Å². The Hall–Kier alpha value is -1.52. The molecule has 0 aromatic heterocycles. The molecule has 0 N–H and O–H groups in total. The number of rotatable bonds is 3. The number of hydrogen-bond acceptors (Lipinski definition) is 4. The maximum Gasteiger partial charge on any atom is 0.339 e. The minimum absolute atomic E-state index is 0.106. The van der Waals surface area contributed by atoms with Crippen molar-refractivity contribution in [3.05, 3.63) is 28.0 Å². The van der Waals surface area contributed by atoms with E-state index in [1.807, 2.05) is 0 Å². The number of nitrogens with zero attached hydrogens (tertiary/aromatic N) is 1. The van der Waals surface area contributed by atoms with Crippen LogP contribution in [-0.2, 0) is 9.53 Å². The molecule has 4 nitrogen and oxygen atoms in total. The van der Waals surface area contributed by atoms with Crippen molar-refractivity contribution >= 4 is 33.7 Å². The highest BCUT2D eigenvalue weighted by atomic mass is 79.9. The van der Waals surface area contributed by atoms with Crippen molar-refractivity contribution in [3.8, 4) is 0 Å². The third-order valence-electron chi connectivity index (χ3n) is 1.77. The third kappa shape index (κ3) is 3.47. The number of aliphatic imine (C=N–C) groups is 1. The summed E-state index contributed by atoms with van der Waals surface area (Å²) in [5.74, 6) is -1.34. The molecule has 90 valence electrons. The highest BCUT2D eigenvalue weighted by molar-refractivity contribution is 9.10. The van der Waals surface area contributed by atoms with E-state index >= 15 is 0 Å². The lowest BCUT2D eigenvalue weighted by Crippen LogP contribution is -2.12. The molecule has 0 heterocycles. The van der Waals surface area contributed by atoms with Gasteiger partial charge in [0, 0.05) is 4.47 Å². The van der Waals surface area contributed by atoms with Crippen molar-refractivity contribution in [2.24, 2.45) is 4.99 Å². The van der Waals surface area contributed by atoms with E-state index in [4.69, 9.17) is 4.74 Å². The van der Waals surface area contributed by atoms with Gasteiger partial charge in [0.25, 0.3) is 0 Å². The predicted molar refractivity (Wildman–Crippen MR) is 62.4 cm³/mol. The van der Waals surface area contributed by atoms with Crippen molar-refractivity contribution < 1.29 is 18.7 Å². The van der Waals surface area contributed by atoms with Gasteiger partial charge in [-0.2, -0.15) is 4.99 Å². The van der Waals surface area contributed by atoms with E-state index in [-0.39, 0.29) is 21.8 Å². The molecule has 17 heavy (non-hydrogen) atoms. The Balaban J connectivity index is 3.20. The number of isocyanates is 1. The fraction of sp³-hybridized carbons (Fsp3) is 0.273. The molecule has 1 aromatic carbocycles. The summed E-state index contributed by atoms with van der Waals surface area (Å²) in [5, 5.41) is 0. The molecule has 0 amide bonds. The van der Waals surface area contributed by atoms with Crippen LogP contribution in [0.15, 0.2) is 21.6 Å². The number of benzene rings is 1. The normalized spacial score (nSPS) is 9.94. The van der Waals surface area contributed by atoms with Gasteiger partial charge < -0.3 is 4.74 Å². The average molecular weight is 302 g/mol. The minimum Gasteiger partial charge on any atom is -0.459 e. The summed E-state index contributed by atoms with van der Waals surface area (Å²) >= 11 is 3.04. The van der Waals surface area contributed by atoms with E-state index in [0.717, 1.165) is 12.1 Å². The average Bonchev–Trinajstić information content (AvgIpc) is 2.21. The lowest BCUT2D eigenvalue weighted by molar-refractivity contribution is 0.0377.